The third-order valence-electron chi connectivity index (χ3n) is 2.49. The van der Waals surface area contributed by atoms with Crippen molar-refractivity contribution in [3.05, 3.63) is 0 Å². The van der Waals surface area contributed by atoms with Gasteiger partial charge in [-0.25, -0.2) is 0 Å². The Balaban J connectivity index is 3.64. The van der Waals surface area contributed by atoms with Gasteiger partial charge in [-0.1, -0.05) is 29.5 Å². The molecule has 0 bridgehead atoms. The topological polar surface area (TPSA) is 66.5 Å². The summed E-state index contributed by atoms with van der Waals surface area (Å²) in [5.74, 6) is 0.314. The van der Waals surface area contributed by atoms with E-state index in [4.69, 9.17) is 10.8 Å². The van der Waals surface area contributed by atoms with Crippen LogP contribution in [0, 0.1) is 5.92 Å². The molecule has 3 nitrogen and oxygen atoms in total. The summed E-state index contributed by atoms with van der Waals surface area (Å²) >= 11 is 2.34. The normalized spacial score (nSPS) is 17.8. The van der Waals surface area contributed by atoms with E-state index in [0.717, 1.165) is 17.3 Å². The number of alkyl halides is 1. The Hall–Kier alpha value is 0.610. The second kappa shape index (κ2) is 8.88. The number of hydrogen-bond donors (Lipinski definition) is 3. The SMILES string of the molecule is CC(CCCI)C(O)CC(N)CCO. The smallest absolute Gasteiger partial charge is 0.0580 e. The van der Waals surface area contributed by atoms with E-state index in [1.807, 2.05) is 0 Å². The van der Waals surface area contributed by atoms with E-state index in [9.17, 15) is 5.11 Å². The molecule has 0 fully saturated rings. The molecule has 0 aromatic rings. The van der Waals surface area contributed by atoms with Crippen LogP contribution in [0.1, 0.15) is 32.6 Å². The fraction of sp³-hybridized carbons (Fsp3) is 1.00. The molecule has 14 heavy (non-hydrogen) atoms. The van der Waals surface area contributed by atoms with Crippen LogP contribution in [0.5, 0.6) is 0 Å². The number of rotatable bonds is 8. The average Bonchev–Trinajstić information content (AvgIpc) is 2.14. The molecule has 0 aliphatic rings. The van der Waals surface area contributed by atoms with Crippen molar-refractivity contribution >= 4 is 22.6 Å². The van der Waals surface area contributed by atoms with E-state index in [-0.39, 0.29) is 18.8 Å². The van der Waals surface area contributed by atoms with Gasteiger partial charge in [-0.2, -0.15) is 0 Å². The molecule has 0 rings (SSSR count). The fourth-order valence-corrected chi connectivity index (χ4v) is 1.86. The van der Waals surface area contributed by atoms with E-state index in [2.05, 4.69) is 29.5 Å². The lowest BCUT2D eigenvalue weighted by Gasteiger charge is -2.21. The van der Waals surface area contributed by atoms with Crippen LogP contribution in [0.2, 0.25) is 0 Å². The molecule has 0 radical (unpaired) electrons. The van der Waals surface area contributed by atoms with Crippen LogP contribution in [0.4, 0.5) is 0 Å². The highest BCUT2D eigenvalue weighted by Gasteiger charge is 2.16. The summed E-state index contributed by atoms with van der Waals surface area (Å²) in [6, 6.07) is -0.0722. The van der Waals surface area contributed by atoms with Gasteiger partial charge in [0.05, 0.1) is 6.10 Å². The molecule has 0 spiro atoms. The summed E-state index contributed by atoms with van der Waals surface area (Å²) in [5.41, 5.74) is 5.73. The number of aliphatic hydroxyl groups excluding tert-OH is 2. The molecule has 0 aliphatic heterocycles. The lowest BCUT2D eigenvalue weighted by Crippen LogP contribution is -2.30. The van der Waals surface area contributed by atoms with Gasteiger partial charge in [0.2, 0.25) is 0 Å². The van der Waals surface area contributed by atoms with Crippen LogP contribution in [-0.2, 0) is 0 Å². The minimum Gasteiger partial charge on any atom is -0.396 e. The zero-order valence-electron chi connectivity index (χ0n) is 8.82. The second-order valence-electron chi connectivity index (χ2n) is 3.88. The van der Waals surface area contributed by atoms with E-state index in [1.165, 1.54) is 0 Å². The summed E-state index contributed by atoms with van der Waals surface area (Å²) in [4.78, 5) is 0. The maximum absolute atomic E-state index is 9.78. The minimum atomic E-state index is -0.320. The highest BCUT2D eigenvalue weighted by atomic mass is 127. The van der Waals surface area contributed by atoms with Crippen LogP contribution < -0.4 is 5.73 Å². The number of nitrogens with two attached hydrogens (primary N) is 1. The Labute approximate surface area is 100 Å². The van der Waals surface area contributed by atoms with E-state index in [0.29, 0.717) is 18.8 Å². The quantitative estimate of drug-likeness (QED) is 0.467. The van der Waals surface area contributed by atoms with Crippen molar-refractivity contribution in [2.75, 3.05) is 11.0 Å². The average molecular weight is 315 g/mol. The molecular weight excluding hydrogens is 293 g/mol. The number of hydrogen-bond acceptors (Lipinski definition) is 3. The van der Waals surface area contributed by atoms with Crippen LogP contribution in [-0.4, -0.2) is 33.4 Å². The van der Waals surface area contributed by atoms with E-state index in [1.54, 1.807) is 0 Å². The highest BCUT2D eigenvalue weighted by molar-refractivity contribution is 14.1. The molecule has 0 aromatic carbocycles. The monoisotopic (exact) mass is 315 g/mol. The predicted molar refractivity (Wildman–Crippen MR) is 67.6 cm³/mol. The van der Waals surface area contributed by atoms with Gasteiger partial charge in [-0.15, -0.1) is 0 Å². The van der Waals surface area contributed by atoms with Gasteiger partial charge < -0.3 is 15.9 Å². The summed E-state index contributed by atoms with van der Waals surface area (Å²) in [6.45, 7) is 2.17. The second-order valence-corrected chi connectivity index (χ2v) is 4.96. The first-order valence-electron chi connectivity index (χ1n) is 5.22. The Morgan fingerprint density at radius 2 is 2.00 bits per heavy atom. The maximum atomic E-state index is 9.78. The third kappa shape index (κ3) is 6.98. The molecular formula is C10H22INO2. The Morgan fingerprint density at radius 3 is 2.50 bits per heavy atom. The van der Waals surface area contributed by atoms with Crippen LogP contribution >= 0.6 is 22.6 Å². The van der Waals surface area contributed by atoms with Gasteiger partial charge in [0.15, 0.2) is 0 Å². The first-order valence-corrected chi connectivity index (χ1v) is 6.74. The Kier molecular flexibility index (Phi) is 9.27. The molecule has 0 amide bonds. The van der Waals surface area contributed by atoms with Crippen molar-refractivity contribution in [2.45, 2.75) is 44.8 Å². The van der Waals surface area contributed by atoms with Crippen molar-refractivity contribution in [1.82, 2.24) is 0 Å². The van der Waals surface area contributed by atoms with E-state index >= 15 is 0 Å². The lowest BCUT2D eigenvalue weighted by molar-refractivity contribution is 0.0922. The zero-order valence-corrected chi connectivity index (χ0v) is 11.0. The van der Waals surface area contributed by atoms with Crippen LogP contribution in [0.15, 0.2) is 0 Å². The zero-order chi connectivity index (χ0) is 11.0. The maximum Gasteiger partial charge on any atom is 0.0580 e. The molecule has 86 valence electrons. The van der Waals surface area contributed by atoms with Gasteiger partial charge in [0.25, 0.3) is 0 Å². The molecule has 3 unspecified atom stereocenters. The molecule has 0 aliphatic carbocycles. The first-order chi connectivity index (χ1) is 6.61. The third-order valence-corrected chi connectivity index (χ3v) is 3.26. The van der Waals surface area contributed by atoms with Crippen LogP contribution in [0.25, 0.3) is 0 Å². The van der Waals surface area contributed by atoms with Crippen molar-refractivity contribution in [3.63, 3.8) is 0 Å². The summed E-state index contributed by atoms with van der Waals surface area (Å²) in [6.07, 6.45) is 3.06. The standard InChI is InChI=1S/C10H22INO2/c1-8(3-2-5-11)10(14)7-9(12)4-6-13/h8-10,13-14H,2-7,12H2,1H3. The molecule has 0 saturated carbocycles. The van der Waals surface area contributed by atoms with E-state index < -0.39 is 0 Å². The number of halogens is 1. The molecule has 0 aromatic heterocycles. The van der Waals surface area contributed by atoms with Crippen molar-refractivity contribution in [2.24, 2.45) is 11.7 Å². The van der Waals surface area contributed by atoms with Gasteiger partial charge in [0, 0.05) is 12.6 Å². The summed E-state index contributed by atoms with van der Waals surface area (Å²) in [7, 11) is 0. The number of aliphatic hydroxyl groups is 2. The predicted octanol–water partition coefficient (Wildman–Crippen LogP) is 1.30. The molecule has 3 atom stereocenters. The highest BCUT2D eigenvalue weighted by Crippen LogP contribution is 2.16. The molecule has 0 heterocycles. The summed E-state index contributed by atoms with van der Waals surface area (Å²) < 4.78 is 1.14. The van der Waals surface area contributed by atoms with Gasteiger partial charge in [-0.3, -0.25) is 0 Å². The van der Waals surface area contributed by atoms with Gasteiger partial charge >= 0.3 is 0 Å². The van der Waals surface area contributed by atoms with Crippen molar-refractivity contribution in [3.8, 4) is 0 Å². The Morgan fingerprint density at radius 1 is 1.36 bits per heavy atom. The molecule has 4 heteroatoms. The lowest BCUT2D eigenvalue weighted by atomic mass is 9.93. The minimum absolute atomic E-state index is 0.0722. The molecule has 0 saturated heterocycles. The Bertz CT molecular complexity index is 135. The largest absolute Gasteiger partial charge is 0.396 e. The van der Waals surface area contributed by atoms with Crippen molar-refractivity contribution < 1.29 is 10.2 Å². The fourth-order valence-electron chi connectivity index (χ4n) is 1.42. The summed E-state index contributed by atoms with van der Waals surface area (Å²) in [5, 5.41) is 18.4. The van der Waals surface area contributed by atoms with Crippen molar-refractivity contribution in [1.29, 1.82) is 0 Å². The van der Waals surface area contributed by atoms with Gasteiger partial charge in [0.1, 0.15) is 0 Å². The first kappa shape index (κ1) is 14.6. The molecule has 4 N–H and O–H groups in total. The van der Waals surface area contributed by atoms with Crippen LogP contribution in [0.3, 0.4) is 0 Å². The van der Waals surface area contributed by atoms with Gasteiger partial charge in [-0.05, 0) is 36.0 Å².